The van der Waals surface area contributed by atoms with Crippen LogP contribution in [0.3, 0.4) is 0 Å². The molecule has 0 saturated carbocycles. The number of nitrogens with zero attached hydrogens (tertiary/aromatic N) is 2. The van der Waals surface area contributed by atoms with Gasteiger partial charge in [0.15, 0.2) is 5.82 Å². The van der Waals surface area contributed by atoms with Crippen LogP contribution in [0.15, 0.2) is 47.1 Å². The maximum absolute atomic E-state index is 12.2. The largest absolute Gasteiger partial charge is 0.360 e. The van der Waals surface area contributed by atoms with Crippen molar-refractivity contribution in [1.29, 1.82) is 0 Å². The van der Waals surface area contributed by atoms with Crippen molar-refractivity contribution in [3.05, 3.63) is 48.4 Å². The van der Waals surface area contributed by atoms with Crippen molar-refractivity contribution in [2.24, 2.45) is 0 Å². The van der Waals surface area contributed by atoms with E-state index in [0.717, 1.165) is 11.3 Å². The van der Waals surface area contributed by atoms with Crippen molar-refractivity contribution in [2.45, 2.75) is 19.1 Å². The normalized spacial score (nSPS) is 11.8. The van der Waals surface area contributed by atoms with Crippen LogP contribution in [0.1, 0.15) is 12.7 Å². The van der Waals surface area contributed by atoms with E-state index in [-0.39, 0.29) is 17.6 Å². The number of hydrogen-bond donors (Lipinski definition) is 3. The standard InChI is InChI=1S/C18H19N5O3S/c1-11-8-16(23-26-11)21-18(25)12(2)27-10-17(24)20-14-5-3-4-13(9-14)15-6-7-19-22-15/h3-9,12H,10H2,1-2H3,(H,19,22)(H,20,24)(H,21,23,25). The highest BCUT2D eigenvalue weighted by Gasteiger charge is 2.17. The molecule has 3 N–H and O–H groups in total. The summed E-state index contributed by atoms with van der Waals surface area (Å²) < 4.78 is 4.90. The molecule has 2 aromatic heterocycles. The number of amides is 2. The molecule has 140 valence electrons. The van der Waals surface area contributed by atoms with E-state index >= 15 is 0 Å². The average molecular weight is 385 g/mol. The van der Waals surface area contributed by atoms with Gasteiger partial charge in [-0.15, -0.1) is 11.8 Å². The maximum Gasteiger partial charge on any atom is 0.238 e. The van der Waals surface area contributed by atoms with Crippen molar-refractivity contribution < 1.29 is 14.1 Å². The zero-order chi connectivity index (χ0) is 19.2. The lowest BCUT2D eigenvalue weighted by atomic mass is 10.1. The fourth-order valence-electron chi connectivity index (χ4n) is 2.31. The summed E-state index contributed by atoms with van der Waals surface area (Å²) >= 11 is 1.24. The van der Waals surface area contributed by atoms with Crippen LogP contribution in [0.5, 0.6) is 0 Å². The first kappa shape index (κ1) is 18.7. The number of hydrogen-bond acceptors (Lipinski definition) is 6. The second-order valence-corrected chi connectivity index (χ2v) is 7.19. The molecule has 0 radical (unpaired) electrons. The van der Waals surface area contributed by atoms with E-state index in [0.29, 0.717) is 17.3 Å². The molecule has 2 heterocycles. The molecule has 0 saturated heterocycles. The number of H-pyrrole nitrogens is 1. The fraction of sp³-hybridized carbons (Fsp3) is 0.222. The van der Waals surface area contributed by atoms with Gasteiger partial charge >= 0.3 is 0 Å². The molecule has 0 bridgehead atoms. The third-order valence-corrected chi connectivity index (χ3v) is 4.81. The van der Waals surface area contributed by atoms with Gasteiger partial charge in [-0.2, -0.15) is 5.10 Å². The van der Waals surface area contributed by atoms with E-state index in [1.54, 1.807) is 26.1 Å². The summed E-state index contributed by atoms with van der Waals surface area (Å²) in [7, 11) is 0. The first-order chi connectivity index (χ1) is 13.0. The Kier molecular flexibility index (Phi) is 5.92. The first-order valence-corrected chi connectivity index (χ1v) is 9.31. The molecule has 2 amide bonds. The molecule has 0 aliphatic heterocycles. The predicted octanol–water partition coefficient (Wildman–Crippen LogP) is 3.07. The van der Waals surface area contributed by atoms with Gasteiger partial charge in [-0.3, -0.25) is 14.7 Å². The number of carbonyl (C=O) groups is 2. The molecule has 0 aliphatic rings. The van der Waals surface area contributed by atoms with Gasteiger partial charge in [0.2, 0.25) is 11.8 Å². The second-order valence-electron chi connectivity index (χ2n) is 5.86. The Balaban J connectivity index is 1.49. The highest BCUT2D eigenvalue weighted by molar-refractivity contribution is 8.01. The van der Waals surface area contributed by atoms with Gasteiger partial charge in [-0.1, -0.05) is 17.3 Å². The van der Waals surface area contributed by atoms with Gasteiger partial charge in [0, 0.05) is 23.5 Å². The van der Waals surface area contributed by atoms with Crippen molar-refractivity contribution in [3.8, 4) is 11.3 Å². The fourth-order valence-corrected chi connectivity index (χ4v) is 2.99. The molecule has 1 atom stereocenters. The molecule has 1 aromatic carbocycles. The minimum Gasteiger partial charge on any atom is -0.360 e. The number of rotatable bonds is 7. The van der Waals surface area contributed by atoms with Gasteiger partial charge in [0.05, 0.1) is 16.7 Å². The van der Waals surface area contributed by atoms with Crippen LogP contribution in [0.25, 0.3) is 11.3 Å². The molecular formula is C18H19N5O3S. The topological polar surface area (TPSA) is 113 Å². The quantitative estimate of drug-likeness (QED) is 0.576. The molecule has 27 heavy (non-hydrogen) atoms. The summed E-state index contributed by atoms with van der Waals surface area (Å²) in [6.07, 6.45) is 1.67. The minimum absolute atomic E-state index is 0.153. The maximum atomic E-state index is 12.2. The Morgan fingerprint density at radius 3 is 2.81 bits per heavy atom. The molecule has 0 fully saturated rings. The van der Waals surface area contributed by atoms with E-state index in [9.17, 15) is 9.59 Å². The number of aryl methyl sites for hydroxylation is 1. The number of anilines is 2. The van der Waals surface area contributed by atoms with E-state index in [4.69, 9.17) is 4.52 Å². The Bertz CT molecular complexity index is 923. The zero-order valence-electron chi connectivity index (χ0n) is 14.9. The lowest BCUT2D eigenvalue weighted by Gasteiger charge is -2.11. The minimum atomic E-state index is -0.413. The molecule has 0 spiro atoms. The van der Waals surface area contributed by atoms with Crippen LogP contribution in [0, 0.1) is 6.92 Å². The summed E-state index contributed by atoms with van der Waals surface area (Å²) in [5.74, 6) is 0.717. The number of aromatic nitrogens is 3. The smallest absolute Gasteiger partial charge is 0.238 e. The van der Waals surface area contributed by atoms with Gasteiger partial charge in [0.1, 0.15) is 5.76 Å². The summed E-state index contributed by atoms with van der Waals surface area (Å²) in [5.41, 5.74) is 2.48. The lowest BCUT2D eigenvalue weighted by molar-refractivity contribution is -0.115. The van der Waals surface area contributed by atoms with E-state index < -0.39 is 5.25 Å². The highest BCUT2D eigenvalue weighted by Crippen LogP contribution is 2.21. The lowest BCUT2D eigenvalue weighted by Crippen LogP contribution is -2.25. The SMILES string of the molecule is Cc1cc(NC(=O)C(C)SCC(=O)Nc2cccc(-c3ccn[nH]3)c2)no1. The van der Waals surface area contributed by atoms with Gasteiger partial charge in [-0.25, -0.2) is 0 Å². The molecule has 9 heteroatoms. The van der Waals surface area contributed by atoms with Gasteiger partial charge < -0.3 is 15.2 Å². The van der Waals surface area contributed by atoms with Crippen LogP contribution in [-0.4, -0.2) is 38.2 Å². The second kappa shape index (κ2) is 8.54. The van der Waals surface area contributed by atoms with Crippen LogP contribution in [0.4, 0.5) is 11.5 Å². The Morgan fingerprint density at radius 2 is 2.11 bits per heavy atom. The third-order valence-electron chi connectivity index (χ3n) is 3.67. The van der Waals surface area contributed by atoms with E-state index in [1.807, 2.05) is 30.3 Å². The summed E-state index contributed by atoms with van der Waals surface area (Å²) in [6, 6.07) is 10.9. The molecule has 3 aromatic rings. The number of aromatic amines is 1. The first-order valence-electron chi connectivity index (χ1n) is 8.27. The summed E-state index contributed by atoms with van der Waals surface area (Å²) in [4.78, 5) is 24.3. The molecule has 8 nitrogen and oxygen atoms in total. The highest BCUT2D eigenvalue weighted by atomic mass is 32.2. The van der Waals surface area contributed by atoms with Crippen LogP contribution < -0.4 is 10.6 Å². The number of benzene rings is 1. The Morgan fingerprint density at radius 1 is 1.26 bits per heavy atom. The zero-order valence-corrected chi connectivity index (χ0v) is 15.7. The number of thioether (sulfide) groups is 1. The molecular weight excluding hydrogens is 366 g/mol. The van der Waals surface area contributed by atoms with E-state index in [2.05, 4.69) is 26.0 Å². The molecule has 0 aliphatic carbocycles. The van der Waals surface area contributed by atoms with Crippen LogP contribution in [0.2, 0.25) is 0 Å². The molecule has 3 rings (SSSR count). The van der Waals surface area contributed by atoms with Gasteiger partial charge in [-0.05, 0) is 32.0 Å². The predicted molar refractivity (Wildman–Crippen MR) is 104 cm³/mol. The van der Waals surface area contributed by atoms with Crippen molar-refractivity contribution in [2.75, 3.05) is 16.4 Å². The molecule has 1 unspecified atom stereocenters. The van der Waals surface area contributed by atoms with E-state index in [1.165, 1.54) is 11.8 Å². The van der Waals surface area contributed by atoms with Crippen molar-refractivity contribution in [3.63, 3.8) is 0 Å². The van der Waals surface area contributed by atoms with Crippen molar-refractivity contribution >= 4 is 35.1 Å². The summed E-state index contributed by atoms with van der Waals surface area (Å²) in [5, 5.41) is 15.6. The monoisotopic (exact) mass is 385 g/mol. The number of carbonyl (C=O) groups excluding carboxylic acids is 2. The Labute approximate surface area is 160 Å². The van der Waals surface area contributed by atoms with Crippen LogP contribution in [-0.2, 0) is 9.59 Å². The Hall–Kier alpha value is -3.07. The third kappa shape index (κ3) is 5.20. The average Bonchev–Trinajstić information content (AvgIpc) is 3.32. The number of nitrogens with one attached hydrogen (secondary N) is 3. The van der Waals surface area contributed by atoms with Crippen molar-refractivity contribution in [1.82, 2.24) is 15.4 Å². The summed E-state index contributed by atoms with van der Waals surface area (Å²) in [6.45, 7) is 3.48. The van der Waals surface area contributed by atoms with Crippen LogP contribution >= 0.6 is 11.8 Å². The van der Waals surface area contributed by atoms with Gasteiger partial charge in [0.25, 0.3) is 0 Å².